The summed E-state index contributed by atoms with van der Waals surface area (Å²) in [5, 5.41) is 6.43. The molecule has 2 aromatic carbocycles. The Morgan fingerprint density at radius 3 is 2.59 bits per heavy atom. The summed E-state index contributed by atoms with van der Waals surface area (Å²) in [5.74, 6) is 0.545. The van der Waals surface area contributed by atoms with E-state index in [0.29, 0.717) is 29.2 Å². The number of carbonyl (C=O) groups excluding carboxylic acids is 2. The number of benzene rings is 2. The van der Waals surface area contributed by atoms with Crippen molar-refractivity contribution < 1.29 is 14.3 Å². The van der Waals surface area contributed by atoms with Gasteiger partial charge in [-0.3, -0.25) is 9.36 Å². The van der Waals surface area contributed by atoms with Crippen molar-refractivity contribution in [2.24, 2.45) is 0 Å². The molecule has 2 amide bonds. The van der Waals surface area contributed by atoms with E-state index in [9.17, 15) is 9.59 Å². The van der Waals surface area contributed by atoms with Crippen LogP contribution in [0.15, 0.2) is 79.1 Å². The average molecular weight is 428 g/mol. The third kappa shape index (κ3) is 4.95. The summed E-state index contributed by atoms with van der Waals surface area (Å²) in [6.45, 7) is 2.79. The van der Waals surface area contributed by atoms with Crippen LogP contribution in [-0.4, -0.2) is 28.1 Å². The van der Waals surface area contributed by atoms with Crippen molar-refractivity contribution in [1.82, 2.24) is 9.55 Å². The molecule has 0 aliphatic heterocycles. The number of fused-ring (bicyclic) bond motifs is 1. The van der Waals surface area contributed by atoms with Crippen LogP contribution in [0.3, 0.4) is 0 Å². The molecule has 0 atom stereocenters. The highest BCUT2D eigenvalue weighted by atomic mass is 16.5. The number of ether oxygens (including phenoxy) is 1. The summed E-state index contributed by atoms with van der Waals surface area (Å²) >= 11 is 0. The van der Waals surface area contributed by atoms with E-state index in [1.54, 1.807) is 48.8 Å². The smallest absolute Gasteiger partial charge is 0.323 e. The normalized spacial score (nSPS) is 10.7. The molecular formula is C25H24N4O3. The topological polar surface area (TPSA) is 85.3 Å². The molecule has 0 aliphatic rings. The molecule has 2 aromatic heterocycles. The Kier molecular flexibility index (Phi) is 6.46. The van der Waals surface area contributed by atoms with Gasteiger partial charge in [0.05, 0.1) is 6.61 Å². The van der Waals surface area contributed by atoms with Crippen LogP contribution in [0.2, 0.25) is 0 Å². The minimum Gasteiger partial charge on any atom is -0.494 e. The number of carbonyl (C=O) groups is 2. The fraction of sp³-hybridized carbons (Fsp3) is 0.160. The van der Waals surface area contributed by atoms with Crippen molar-refractivity contribution in [2.75, 3.05) is 17.2 Å². The zero-order valence-electron chi connectivity index (χ0n) is 17.7. The number of anilines is 2. The number of urea groups is 1. The fourth-order valence-corrected chi connectivity index (χ4v) is 3.26. The van der Waals surface area contributed by atoms with Gasteiger partial charge in [0.25, 0.3) is 5.91 Å². The van der Waals surface area contributed by atoms with Crippen LogP contribution in [0.25, 0.3) is 11.0 Å². The van der Waals surface area contributed by atoms with E-state index in [-0.39, 0.29) is 5.91 Å². The fourth-order valence-electron chi connectivity index (χ4n) is 3.26. The molecule has 0 fully saturated rings. The second kappa shape index (κ2) is 9.78. The lowest BCUT2D eigenvalue weighted by molar-refractivity contribution is 0.0964. The highest BCUT2D eigenvalue weighted by molar-refractivity contribution is 6.03. The Labute approximate surface area is 186 Å². The second-order valence-electron chi connectivity index (χ2n) is 7.29. The van der Waals surface area contributed by atoms with Crippen LogP contribution in [0.4, 0.5) is 16.2 Å². The zero-order chi connectivity index (χ0) is 22.3. The number of hydrogen-bond acceptors (Lipinski definition) is 4. The molecular weight excluding hydrogens is 404 g/mol. The van der Waals surface area contributed by atoms with Crippen LogP contribution >= 0.6 is 0 Å². The van der Waals surface area contributed by atoms with Gasteiger partial charge in [-0.15, -0.1) is 0 Å². The van der Waals surface area contributed by atoms with Gasteiger partial charge in [0.2, 0.25) is 0 Å². The second-order valence-corrected chi connectivity index (χ2v) is 7.29. The van der Waals surface area contributed by atoms with Crippen molar-refractivity contribution >= 4 is 34.3 Å². The van der Waals surface area contributed by atoms with Crippen LogP contribution in [-0.2, 0) is 0 Å². The first-order valence-electron chi connectivity index (χ1n) is 10.5. The number of pyridine rings is 1. The Hall–Kier alpha value is -4.13. The predicted octanol–water partition coefficient (Wildman–Crippen LogP) is 5.55. The van der Waals surface area contributed by atoms with Gasteiger partial charge in [0.15, 0.2) is 0 Å². The molecule has 2 heterocycles. The van der Waals surface area contributed by atoms with E-state index < -0.39 is 6.03 Å². The van der Waals surface area contributed by atoms with Gasteiger partial charge < -0.3 is 15.4 Å². The van der Waals surface area contributed by atoms with E-state index in [1.807, 2.05) is 30.3 Å². The molecule has 0 saturated heterocycles. The molecule has 2 N–H and O–H groups in total. The number of rotatable bonds is 7. The monoisotopic (exact) mass is 428 g/mol. The zero-order valence-corrected chi connectivity index (χ0v) is 17.7. The van der Waals surface area contributed by atoms with E-state index in [0.717, 1.165) is 24.0 Å². The van der Waals surface area contributed by atoms with E-state index in [4.69, 9.17) is 4.74 Å². The molecule has 7 heteroatoms. The van der Waals surface area contributed by atoms with Gasteiger partial charge in [-0.2, -0.15) is 0 Å². The minimum absolute atomic E-state index is 0.221. The van der Waals surface area contributed by atoms with E-state index >= 15 is 0 Å². The number of hydrogen-bond donors (Lipinski definition) is 2. The first-order valence-corrected chi connectivity index (χ1v) is 10.5. The van der Waals surface area contributed by atoms with Gasteiger partial charge in [0.1, 0.15) is 11.4 Å². The summed E-state index contributed by atoms with van der Waals surface area (Å²) in [6, 6.07) is 19.2. The Bertz CT molecular complexity index is 1230. The molecule has 0 radical (unpaired) electrons. The summed E-state index contributed by atoms with van der Waals surface area (Å²) in [4.78, 5) is 29.7. The van der Waals surface area contributed by atoms with Crippen LogP contribution < -0.4 is 15.4 Å². The molecule has 0 bridgehead atoms. The Morgan fingerprint density at radius 1 is 0.969 bits per heavy atom. The average Bonchev–Trinajstić information content (AvgIpc) is 3.24. The SMILES string of the molecule is CCCCOc1ccc(NC(=O)Nc2cccc(C(=O)n3ccc4cccnc43)c2)cc1. The maximum atomic E-state index is 13.0. The quantitative estimate of drug-likeness (QED) is 0.378. The molecule has 162 valence electrons. The maximum Gasteiger partial charge on any atom is 0.323 e. The van der Waals surface area contributed by atoms with Crippen molar-refractivity contribution in [1.29, 1.82) is 0 Å². The summed E-state index contributed by atoms with van der Waals surface area (Å²) in [7, 11) is 0. The molecule has 32 heavy (non-hydrogen) atoms. The van der Waals surface area contributed by atoms with Gasteiger partial charge >= 0.3 is 6.03 Å². The van der Waals surface area contributed by atoms with Crippen molar-refractivity contribution in [2.45, 2.75) is 19.8 Å². The standard InChI is InChI=1S/C25H24N4O3/c1-2-3-16-32-22-11-9-20(10-12-22)27-25(31)28-21-8-4-6-19(17-21)24(30)29-15-13-18-7-5-14-26-23(18)29/h4-15,17H,2-3,16H2,1H3,(H2,27,28,31). The van der Waals surface area contributed by atoms with Gasteiger partial charge in [-0.05, 0) is 67.1 Å². The van der Waals surface area contributed by atoms with E-state index in [2.05, 4.69) is 22.5 Å². The largest absolute Gasteiger partial charge is 0.494 e. The van der Waals surface area contributed by atoms with Crippen LogP contribution in [0.1, 0.15) is 30.1 Å². The lowest BCUT2D eigenvalue weighted by Crippen LogP contribution is -2.20. The first kappa shape index (κ1) is 21.1. The number of nitrogens with zero attached hydrogens (tertiary/aromatic N) is 2. The van der Waals surface area contributed by atoms with Gasteiger partial charge in [-0.25, -0.2) is 9.78 Å². The maximum absolute atomic E-state index is 13.0. The van der Waals surface area contributed by atoms with E-state index in [1.165, 1.54) is 4.57 Å². The molecule has 0 unspecified atom stereocenters. The third-order valence-corrected chi connectivity index (χ3v) is 4.91. The lowest BCUT2D eigenvalue weighted by atomic mass is 10.2. The number of amides is 2. The van der Waals surface area contributed by atoms with Crippen molar-refractivity contribution in [3.63, 3.8) is 0 Å². The Balaban J connectivity index is 1.40. The molecule has 0 saturated carbocycles. The lowest BCUT2D eigenvalue weighted by Gasteiger charge is -2.10. The molecule has 0 spiro atoms. The predicted molar refractivity (Wildman–Crippen MR) is 125 cm³/mol. The number of nitrogens with one attached hydrogen (secondary N) is 2. The third-order valence-electron chi connectivity index (χ3n) is 4.91. The van der Waals surface area contributed by atoms with Crippen LogP contribution in [0.5, 0.6) is 5.75 Å². The van der Waals surface area contributed by atoms with Crippen molar-refractivity contribution in [3.8, 4) is 5.75 Å². The Morgan fingerprint density at radius 2 is 1.78 bits per heavy atom. The summed E-state index contributed by atoms with van der Waals surface area (Å²) in [5.41, 5.74) is 2.19. The summed E-state index contributed by atoms with van der Waals surface area (Å²) < 4.78 is 7.13. The van der Waals surface area contributed by atoms with Gasteiger partial charge in [0, 0.05) is 34.7 Å². The number of unbranched alkanes of at least 4 members (excludes halogenated alkanes) is 1. The highest BCUT2D eigenvalue weighted by Gasteiger charge is 2.13. The van der Waals surface area contributed by atoms with Crippen LogP contribution in [0, 0.1) is 0 Å². The first-order chi connectivity index (χ1) is 15.6. The number of aromatic nitrogens is 2. The molecule has 7 nitrogen and oxygen atoms in total. The highest BCUT2D eigenvalue weighted by Crippen LogP contribution is 2.19. The van der Waals surface area contributed by atoms with Gasteiger partial charge in [-0.1, -0.05) is 19.4 Å². The minimum atomic E-state index is -0.401. The molecule has 4 rings (SSSR count). The van der Waals surface area contributed by atoms with Crippen molar-refractivity contribution in [3.05, 3.63) is 84.7 Å². The molecule has 4 aromatic rings. The summed E-state index contributed by atoms with van der Waals surface area (Å²) in [6.07, 6.45) is 5.42. The molecule has 0 aliphatic carbocycles.